The summed E-state index contributed by atoms with van der Waals surface area (Å²) in [7, 11) is 0. The number of hydrogen-bond acceptors (Lipinski definition) is 22. The Morgan fingerprint density at radius 3 is 2.17 bits per heavy atom. The van der Waals surface area contributed by atoms with Gasteiger partial charge >= 0.3 is 0 Å². The highest BCUT2D eigenvalue weighted by Crippen LogP contribution is 2.32. The van der Waals surface area contributed by atoms with Gasteiger partial charge in [0, 0.05) is 56.6 Å². The molecule has 8 amide bonds. The van der Waals surface area contributed by atoms with Crippen LogP contribution < -0.4 is 41.2 Å². The van der Waals surface area contributed by atoms with Gasteiger partial charge in [0.05, 0.1) is 60.9 Å². The number of nitrogens with zero attached hydrogens (tertiary/aromatic N) is 3. The number of aliphatic hydroxyl groups excluding tert-OH is 6. The summed E-state index contributed by atoms with van der Waals surface area (Å²) >= 11 is 0.0579. The van der Waals surface area contributed by atoms with Gasteiger partial charge in [-0.05, 0) is 67.4 Å². The molecule has 84 heavy (non-hydrogen) atoms. The van der Waals surface area contributed by atoms with Gasteiger partial charge < -0.3 is 86.8 Å². The lowest BCUT2D eigenvalue weighted by Crippen LogP contribution is -2.64. The molecule has 0 aliphatic carbocycles. The molecule has 3 fully saturated rings. The Kier molecular flexibility index (Phi) is 24.4. The van der Waals surface area contributed by atoms with E-state index in [1.807, 2.05) is 0 Å². The summed E-state index contributed by atoms with van der Waals surface area (Å²) in [6.45, 7) is 3.58. The van der Waals surface area contributed by atoms with Crippen LogP contribution in [0.5, 0.6) is 17.2 Å². The van der Waals surface area contributed by atoms with Crippen molar-refractivity contribution < 1.29 is 97.7 Å². The highest BCUT2D eigenvalue weighted by Gasteiger charge is 2.50. The number of pyridine rings is 1. The fourth-order valence-electron chi connectivity index (χ4n) is 9.97. The van der Waals surface area contributed by atoms with Gasteiger partial charge in [0.2, 0.25) is 41.4 Å². The monoisotopic (exact) mass is 1200 g/mol. The molecule has 3 aromatic rings. The Labute approximate surface area is 486 Å². The van der Waals surface area contributed by atoms with Crippen LogP contribution in [0.2, 0.25) is 0 Å². The standard InChI is InChI=1S/C54H73N9O20S/c1-4-5-6-7-8-17-80-34-13-10-30(11-14-34)35-15-12-31(23-56-35)48(72)58-36-20-32(65)24-57-52(76)46-47(71)27(2)25-63(46)54(78)45(40(69)22-42(55)70)61-51(75)44(39(68)18-29-9-16-38(67)41(19-29)81-84-83-82-79)60-50(74)37-21-33(66)26-62(37)53(77)43(28(3)64)59-49(36)73/h9-16,19,23,27-28,32-33,36-37,39-40,43-47,64-69,71,79H,4-8,17-18,20-22,24-26H2,1-3H3,(H2,55,70)(H,57,76)(H,58,72)(H,59,73)(H,60,74)(H,61,75)/t27?,28?,32?,33?,36-,37?,39?,40?,43?,44?,45?,46?,47?/m0/s1. The number of phenolic OH excluding ortho intramolecular Hbond substituents is 1. The highest BCUT2D eigenvalue weighted by molar-refractivity contribution is 7.90. The second kappa shape index (κ2) is 31.0. The molecule has 15 N–H and O–H groups in total. The lowest BCUT2D eigenvalue weighted by atomic mass is 9.98. The number of aliphatic hydroxyl groups is 6. The number of rotatable bonds is 21. The first-order valence-corrected chi connectivity index (χ1v) is 28.0. The molecule has 29 nitrogen and oxygen atoms in total. The van der Waals surface area contributed by atoms with E-state index < -0.39 is 177 Å². The number of nitrogens with one attached hydrogen (secondary N) is 5. The second-order valence-corrected chi connectivity index (χ2v) is 21.4. The van der Waals surface area contributed by atoms with Gasteiger partial charge in [-0.25, -0.2) is 5.26 Å². The molecule has 0 saturated carbocycles. The number of amides is 8. The van der Waals surface area contributed by atoms with Crippen LogP contribution in [0.3, 0.4) is 0 Å². The molecule has 13 atom stereocenters. The van der Waals surface area contributed by atoms with Gasteiger partial charge in [0.25, 0.3) is 18.2 Å². The third-order valence-corrected chi connectivity index (χ3v) is 14.9. The van der Waals surface area contributed by atoms with Crippen LogP contribution in [0.25, 0.3) is 11.3 Å². The van der Waals surface area contributed by atoms with Crippen molar-refractivity contribution in [2.45, 2.75) is 151 Å². The van der Waals surface area contributed by atoms with E-state index in [9.17, 15) is 74.1 Å². The number of aromatic nitrogens is 1. The summed E-state index contributed by atoms with van der Waals surface area (Å²) in [5.41, 5.74) is 6.59. The molecular weight excluding hydrogens is 1130 g/mol. The Morgan fingerprint density at radius 2 is 1.50 bits per heavy atom. The number of hydrogen-bond donors (Lipinski definition) is 14. The summed E-state index contributed by atoms with van der Waals surface area (Å²) in [6.07, 6.45) is -6.92. The number of phenols is 1. The van der Waals surface area contributed by atoms with Crippen molar-refractivity contribution in [1.82, 2.24) is 41.4 Å². The van der Waals surface area contributed by atoms with Crippen molar-refractivity contribution >= 4 is 59.6 Å². The first-order valence-electron chi connectivity index (χ1n) is 27.3. The normalized spacial score (nSPS) is 25.8. The Hall–Kier alpha value is -7.26. The molecule has 3 saturated heterocycles. The summed E-state index contributed by atoms with van der Waals surface area (Å²) < 4.78 is 15.2. The first-order chi connectivity index (χ1) is 40.0. The van der Waals surface area contributed by atoms with Crippen LogP contribution in [0.4, 0.5) is 0 Å². The van der Waals surface area contributed by atoms with Gasteiger partial charge in [-0.3, -0.25) is 43.3 Å². The van der Waals surface area contributed by atoms with Crippen molar-refractivity contribution in [3.8, 4) is 28.5 Å². The van der Waals surface area contributed by atoms with E-state index in [4.69, 9.17) is 19.9 Å². The minimum Gasteiger partial charge on any atom is -0.504 e. The Bertz CT molecular complexity index is 2770. The lowest BCUT2D eigenvalue weighted by molar-refractivity contribution is -0.433. The van der Waals surface area contributed by atoms with Crippen LogP contribution in [-0.4, -0.2) is 202 Å². The predicted molar refractivity (Wildman–Crippen MR) is 294 cm³/mol. The number of nitrogens with two attached hydrogens (primary N) is 1. The third-order valence-electron chi connectivity index (χ3n) is 14.5. The Morgan fingerprint density at radius 1 is 0.810 bits per heavy atom. The largest absolute Gasteiger partial charge is 0.504 e. The van der Waals surface area contributed by atoms with Crippen LogP contribution in [0, 0.1) is 5.92 Å². The maximum absolute atomic E-state index is 14.6. The molecule has 12 unspecified atom stereocenters. The van der Waals surface area contributed by atoms with Crippen molar-refractivity contribution in [1.29, 1.82) is 0 Å². The van der Waals surface area contributed by atoms with E-state index in [0.29, 0.717) is 23.6 Å². The van der Waals surface area contributed by atoms with Crippen LogP contribution in [-0.2, 0) is 49.4 Å². The molecule has 4 heterocycles. The zero-order valence-corrected chi connectivity index (χ0v) is 47.1. The van der Waals surface area contributed by atoms with Crippen LogP contribution in [0.15, 0.2) is 60.8 Å². The average molecular weight is 1200 g/mol. The minimum absolute atomic E-state index is 0.0579. The minimum atomic E-state index is -2.21. The maximum Gasteiger partial charge on any atom is 0.261 e. The molecular formula is C54H73N9O20S. The number of β-amino-alcohol motifs (C(OH)–C–C–N with tert-alkyl or cyclic N) is 1. The van der Waals surface area contributed by atoms with E-state index in [1.165, 1.54) is 31.7 Å². The SMILES string of the molecule is CCCCCCCOc1ccc(-c2ccc(C(=O)N[C@H]3CC(O)CNC(=O)C4C(O)C(C)CN4C(=O)C(C(O)CC(N)=O)NC(=O)C(C(O)Cc4ccc(O)c(OSOOO)c4)NC(=O)C4CC(O)CN4C(=O)C(C(C)O)NC3=O)cn2)cc1. The van der Waals surface area contributed by atoms with Crippen LogP contribution >= 0.6 is 12.3 Å². The number of unbranched alkanes of at least 4 members (excludes halogenated alkanes) is 4. The molecule has 0 spiro atoms. The number of primary amides is 1. The van der Waals surface area contributed by atoms with Gasteiger partial charge in [-0.1, -0.05) is 55.0 Å². The van der Waals surface area contributed by atoms with Crippen LogP contribution in [0.1, 0.15) is 88.1 Å². The summed E-state index contributed by atoms with van der Waals surface area (Å²) in [5, 5.41) is 102. The zero-order valence-electron chi connectivity index (χ0n) is 46.3. The number of benzene rings is 2. The van der Waals surface area contributed by atoms with E-state index >= 15 is 0 Å². The number of fused-ring (bicyclic) bond motifs is 2. The predicted octanol–water partition coefficient (Wildman–Crippen LogP) is -2.01. The van der Waals surface area contributed by atoms with Crippen molar-refractivity contribution in [3.05, 3.63) is 71.9 Å². The summed E-state index contributed by atoms with van der Waals surface area (Å²) in [4.78, 5) is 119. The molecule has 6 rings (SSSR count). The molecule has 460 valence electrons. The second-order valence-electron chi connectivity index (χ2n) is 21.0. The van der Waals surface area contributed by atoms with E-state index in [0.717, 1.165) is 54.5 Å². The molecule has 3 aliphatic rings. The number of aromatic hydroxyl groups is 1. The molecule has 1 aromatic heterocycles. The number of carbonyl (C=O) groups excluding carboxylic acids is 8. The van der Waals surface area contributed by atoms with Crippen molar-refractivity contribution in [2.24, 2.45) is 11.7 Å². The van der Waals surface area contributed by atoms with E-state index in [-0.39, 0.29) is 29.2 Å². The average Bonchev–Trinajstić information content (AvgIpc) is 3.06. The lowest BCUT2D eigenvalue weighted by Gasteiger charge is -2.33. The van der Waals surface area contributed by atoms with Gasteiger partial charge in [-0.15, -0.1) is 0 Å². The third kappa shape index (κ3) is 17.7. The fraction of sp³-hybridized carbons (Fsp3) is 0.537. The molecule has 30 heteroatoms. The van der Waals surface area contributed by atoms with Gasteiger partial charge in [0.15, 0.2) is 11.5 Å². The molecule has 2 aromatic carbocycles. The van der Waals surface area contributed by atoms with Crippen molar-refractivity contribution in [2.75, 3.05) is 26.2 Å². The molecule has 3 aliphatic heterocycles. The summed E-state index contributed by atoms with van der Waals surface area (Å²) in [5.74, 6) is -10.4. The molecule has 0 radical (unpaired) electrons. The van der Waals surface area contributed by atoms with E-state index in [1.54, 1.807) is 30.3 Å². The Balaban J connectivity index is 1.33. The fourth-order valence-corrected chi connectivity index (χ4v) is 10.2. The first kappa shape index (κ1) is 65.9. The maximum atomic E-state index is 14.6. The molecule has 0 bridgehead atoms. The number of carbonyl (C=O) groups is 8. The smallest absolute Gasteiger partial charge is 0.261 e. The van der Waals surface area contributed by atoms with Crippen molar-refractivity contribution in [3.63, 3.8) is 0 Å². The zero-order chi connectivity index (χ0) is 61.4. The quantitative estimate of drug-likeness (QED) is 0.0237. The number of ether oxygens (including phenoxy) is 1. The summed E-state index contributed by atoms with van der Waals surface area (Å²) in [6, 6.07) is 2.00. The topological polar surface area (TPSA) is 441 Å². The highest BCUT2D eigenvalue weighted by atomic mass is 32.2. The van der Waals surface area contributed by atoms with Gasteiger partial charge in [-0.2, -0.15) is 0 Å². The van der Waals surface area contributed by atoms with E-state index in [2.05, 4.69) is 47.9 Å². The van der Waals surface area contributed by atoms with Gasteiger partial charge in [0.1, 0.15) is 42.0 Å².